The van der Waals surface area contributed by atoms with Gasteiger partial charge in [0.1, 0.15) is 5.65 Å². The number of piperidine rings is 1. The van der Waals surface area contributed by atoms with Crippen LogP contribution < -0.4 is 21.9 Å². The van der Waals surface area contributed by atoms with E-state index >= 15 is 0 Å². The van der Waals surface area contributed by atoms with Crippen LogP contribution in [0.1, 0.15) is 12.8 Å². The van der Waals surface area contributed by atoms with Crippen molar-refractivity contribution in [1.29, 1.82) is 0 Å². The van der Waals surface area contributed by atoms with E-state index in [2.05, 4.69) is 15.6 Å². The van der Waals surface area contributed by atoms with Crippen LogP contribution in [-0.4, -0.2) is 33.1 Å². The number of fused-ring (bicyclic) bond motifs is 1. The molecule has 1 aliphatic heterocycles. The highest BCUT2D eigenvalue weighted by Gasteiger charge is 2.21. The minimum absolute atomic E-state index is 0.0811. The first-order chi connectivity index (χ1) is 11.0. The first-order valence-corrected chi connectivity index (χ1v) is 7.56. The summed E-state index contributed by atoms with van der Waals surface area (Å²) in [6.07, 6.45) is 3.28. The number of aryl methyl sites for hydroxylation is 1. The van der Waals surface area contributed by atoms with Crippen molar-refractivity contribution in [2.24, 2.45) is 20.0 Å². The Bertz CT molecular complexity index is 877. The molecule has 8 nitrogen and oxygen atoms in total. The first kappa shape index (κ1) is 15.4. The number of amides is 1. The zero-order valence-electron chi connectivity index (χ0n) is 13.1. The van der Waals surface area contributed by atoms with Crippen LogP contribution in [0.25, 0.3) is 11.0 Å². The summed E-state index contributed by atoms with van der Waals surface area (Å²) in [4.78, 5) is 40.5. The molecule has 0 aliphatic carbocycles. The fourth-order valence-corrected chi connectivity index (χ4v) is 2.85. The molecule has 2 aromatic rings. The summed E-state index contributed by atoms with van der Waals surface area (Å²) in [7, 11) is 2.98. The van der Waals surface area contributed by atoms with Crippen molar-refractivity contribution in [3.63, 3.8) is 0 Å². The van der Waals surface area contributed by atoms with Crippen LogP contribution in [0.4, 0.5) is 5.69 Å². The number of aromatic nitrogens is 3. The second kappa shape index (κ2) is 5.96. The molecule has 0 radical (unpaired) electrons. The highest BCUT2D eigenvalue weighted by Crippen LogP contribution is 2.16. The third-order valence-corrected chi connectivity index (χ3v) is 4.23. The molecule has 3 heterocycles. The maximum atomic E-state index is 12.3. The Balaban J connectivity index is 1.95. The zero-order valence-corrected chi connectivity index (χ0v) is 13.1. The van der Waals surface area contributed by atoms with Gasteiger partial charge in [-0.1, -0.05) is 0 Å². The highest BCUT2D eigenvalue weighted by molar-refractivity contribution is 5.94. The molecule has 2 aromatic heterocycles. The lowest BCUT2D eigenvalue weighted by molar-refractivity contribution is -0.120. The monoisotopic (exact) mass is 317 g/mol. The number of rotatable bonds is 2. The summed E-state index contributed by atoms with van der Waals surface area (Å²) < 4.78 is 2.34. The number of anilines is 1. The van der Waals surface area contributed by atoms with Gasteiger partial charge in [-0.15, -0.1) is 0 Å². The van der Waals surface area contributed by atoms with Gasteiger partial charge in [0, 0.05) is 20.6 Å². The molecule has 1 fully saturated rings. The topological polar surface area (TPSA) is 98.0 Å². The molecule has 0 aromatic carbocycles. The SMILES string of the molecule is Cn1c(=O)c2cc(NC(=O)C3CCCNC3)cnc2n(C)c1=O. The van der Waals surface area contributed by atoms with Crippen molar-refractivity contribution in [2.45, 2.75) is 12.8 Å². The average Bonchev–Trinajstić information content (AvgIpc) is 2.58. The fourth-order valence-electron chi connectivity index (χ4n) is 2.85. The molecule has 1 saturated heterocycles. The third kappa shape index (κ3) is 2.77. The van der Waals surface area contributed by atoms with Crippen LogP contribution in [0.2, 0.25) is 0 Å². The molecule has 0 saturated carbocycles. The van der Waals surface area contributed by atoms with Crippen molar-refractivity contribution in [1.82, 2.24) is 19.4 Å². The van der Waals surface area contributed by atoms with E-state index in [1.54, 1.807) is 13.1 Å². The van der Waals surface area contributed by atoms with E-state index in [1.165, 1.54) is 17.8 Å². The van der Waals surface area contributed by atoms with E-state index < -0.39 is 11.2 Å². The maximum absolute atomic E-state index is 12.3. The van der Waals surface area contributed by atoms with Crippen LogP contribution in [0.5, 0.6) is 0 Å². The van der Waals surface area contributed by atoms with E-state index in [0.717, 1.165) is 24.0 Å². The minimum atomic E-state index is -0.430. The van der Waals surface area contributed by atoms with Gasteiger partial charge in [-0.25, -0.2) is 9.78 Å². The summed E-state index contributed by atoms with van der Waals surface area (Å²) in [6.45, 7) is 1.59. The number of hydrogen-bond acceptors (Lipinski definition) is 5. The van der Waals surface area contributed by atoms with Gasteiger partial charge in [0.15, 0.2) is 0 Å². The van der Waals surface area contributed by atoms with Gasteiger partial charge >= 0.3 is 5.69 Å². The Hall–Kier alpha value is -2.48. The molecule has 2 N–H and O–H groups in total. The number of pyridine rings is 1. The van der Waals surface area contributed by atoms with Gasteiger partial charge in [-0.3, -0.25) is 18.7 Å². The van der Waals surface area contributed by atoms with Gasteiger partial charge in [0.25, 0.3) is 5.56 Å². The van der Waals surface area contributed by atoms with Crippen molar-refractivity contribution in [3.05, 3.63) is 33.1 Å². The number of nitrogens with one attached hydrogen (secondary N) is 2. The van der Waals surface area contributed by atoms with Crippen molar-refractivity contribution in [3.8, 4) is 0 Å². The van der Waals surface area contributed by atoms with Crippen molar-refractivity contribution < 1.29 is 4.79 Å². The highest BCUT2D eigenvalue weighted by atomic mass is 16.2. The Morgan fingerprint density at radius 1 is 1.35 bits per heavy atom. The molecule has 0 spiro atoms. The molecule has 3 rings (SSSR count). The smallest absolute Gasteiger partial charge is 0.324 e. The summed E-state index contributed by atoms with van der Waals surface area (Å²) >= 11 is 0. The normalized spacial score (nSPS) is 18.1. The number of hydrogen-bond donors (Lipinski definition) is 2. The molecular formula is C15H19N5O3. The Labute approximate surface area is 132 Å². The van der Waals surface area contributed by atoms with E-state index in [0.29, 0.717) is 23.3 Å². The molecule has 1 atom stereocenters. The molecule has 1 aliphatic rings. The second-order valence-corrected chi connectivity index (χ2v) is 5.83. The summed E-state index contributed by atoms with van der Waals surface area (Å²) in [5, 5.41) is 6.30. The van der Waals surface area contributed by atoms with E-state index in [9.17, 15) is 14.4 Å². The van der Waals surface area contributed by atoms with Crippen LogP contribution >= 0.6 is 0 Å². The summed E-state index contributed by atoms with van der Waals surface area (Å²) in [6, 6.07) is 1.57. The Morgan fingerprint density at radius 2 is 2.13 bits per heavy atom. The van der Waals surface area contributed by atoms with E-state index in [1.807, 2.05) is 0 Å². The largest absolute Gasteiger partial charge is 0.332 e. The fraction of sp³-hybridized carbons (Fsp3) is 0.467. The second-order valence-electron chi connectivity index (χ2n) is 5.83. The Kier molecular flexibility index (Phi) is 3.99. The van der Waals surface area contributed by atoms with Crippen molar-refractivity contribution >= 4 is 22.6 Å². The average molecular weight is 317 g/mol. The summed E-state index contributed by atoms with van der Waals surface area (Å²) in [5.41, 5.74) is -0.0923. The van der Waals surface area contributed by atoms with Crippen molar-refractivity contribution in [2.75, 3.05) is 18.4 Å². The first-order valence-electron chi connectivity index (χ1n) is 7.56. The Morgan fingerprint density at radius 3 is 2.83 bits per heavy atom. The van der Waals surface area contributed by atoms with Gasteiger partial charge in [-0.2, -0.15) is 0 Å². The molecular weight excluding hydrogens is 298 g/mol. The molecule has 0 bridgehead atoms. The number of nitrogens with zero attached hydrogens (tertiary/aromatic N) is 3. The standard InChI is InChI=1S/C15H19N5O3/c1-19-12-11(14(22)20(2)15(19)23)6-10(8-17-12)18-13(21)9-4-3-5-16-7-9/h6,8-9,16H,3-5,7H2,1-2H3,(H,18,21). The maximum Gasteiger partial charge on any atom is 0.332 e. The third-order valence-electron chi connectivity index (χ3n) is 4.23. The lowest BCUT2D eigenvalue weighted by Crippen LogP contribution is -2.38. The lowest BCUT2D eigenvalue weighted by atomic mass is 9.99. The van der Waals surface area contributed by atoms with Crippen LogP contribution in [0.3, 0.4) is 0 Å². The summed E-state index contributed by atoms with van der Waals surface area (Å²) in [5.74, 6) is -0.164. The zero-order chi connectivity index (χ0) is 16.6. The minimum Gasteiger partial charge on any atom is -0.324 e. The molecule has 1 unspecified atom stereocenters. The quantitative estimate of drug-likeness (QED) is 0.783. The van der Waals surface area contributed by atoms with Gasteiger partial charge in [0.2, 0.25) is 5.91 Å². The van der Waals surface area contributed by atoms with Crippen LogP contribution in [0.15, 0.2) is 21.9 Å². The van der Waals surface area contributed by atoms with E-state index in [-0.39, 0.29) is 11.8 Å². The molecule has 8 heteroatoms. The molecule has 1 amide bonds. The molecule has 23 heavy (non-hydrogen) atoms. The van der Waals surface area contributed by atoms with E-state index in [4.69, 9.17) is 0 Å². The van der Waals surface area contributed by atoms with Gasteiger partial charge in [-0.05, 0) is 25.5 Å². The molecule has 122 valence electrons. The van der Waals surface area contributed by atoms with Crippen LogP contribution in [0, 0.1) is 5.92 Å². The van der Waals surface area contributed by atoms with Gasteiger partial charge < -0.3 is 10.6 Å². The number of carbonyl (C=O) groups is 1. The van der Waals surface area contributed by atoms with Gasteiger partial charge in [0.05, 0.1) is 23.2 Å². The van der Waals surface area contributed by atoms with Crippen LogP contribution in [-0.2, 0) is 18.9 Å². The predicted octanol–water partition coefficient (Wildman–Crippen LogP) is -0.430. The predicted molar refractivity (Wildman–Crippen MR) is 86.4 cm³/mol. The number of carbonyl (C=O) groups excluding carboxylic acids is 1. The lowest BCUT2D eigenvalue weighted by Gasteiger charge is -2.21.